The lowest BCUT2D eigenvalue weighted by molar-refractivity contribution is -0.384. The second-order valence-corrected chi connectivity index (χ2v) is 4.36. The van der Waals surface area contributed by atoms with Gasteiger partial charge in [0.2, 0.25) is 5.91 Å². The van der Waals surface area contributed by atoms with Crippen molar-refractivity contribution < 1.29 is 24.4 Å². The molecule has 0 saturated carbocycles. The molecule has 20 heavy (non-hydrogen) atoms. The van der Waals surface area contributed by atoms with Crippen molar-refractivity contribution >= 4 is 23.3 Å². The number of non-ortho nitro benzene ring substituents is 1. The summed E-state index contributed by atoms with van der Waals surface area (Å²) in [5.74, 6) is -1.81. The van der Waals surface area contributed by atoms with Gasteiger partial charge in [0.05, 0.1) is 29.7 Å². The Morgan fingerprint density at radius 2 is 2.25 bits per heavy atom. The maximum absolute atomic E-state index is 11.8. The summed E-state index contributed by atoms with van der Waals surface area (Å²) >= 11 is 0. The first-order valence-corrected chi connectivity index (χ1v) is 5.79. The Morgan fingerprint density at radius 1 is 1.55 bits per heavy atom. The molecule has 0 spiro atoms. The second-order valence-electron chi connectivity index (χ2n) is 4.36. The Morgan fingerprint density at radius 3 is 2.80 bits per heavy atom. The van der Waals surface area contributed by atoms with E-state index in [0.29, 0.717) is 0 Å². The Balaban J connectivity index is 2.26. The van der Waals surface area contributed by atoms with E-state index in [1.54, 1.807) is 0 Å². The summed E-state index contributed by atoms with van der Waals surface area (Å²) in [7, 11) is 1.23. The number of phenolic OH excluding ortho intramolecular Hbond substituents is 1. The number of rotatable bonds is 3. The van der Waals surface area contributed by atoms with Gasteiger partial charge in [-0.1, -0.05) is 0 Å². The first-order chi connectivity index (χ1) is 9.43. The highest BCUT2D eigenvalue weighted by Crippen LogP contribution is 2.35. The molecule has 1 fully saturated rings. The average Bonchev–Trinajstić information content (AvgIpc) is 2.79. The number of esters is 1. The van der Waals surface area contributed by atoms with Gasteiger partial charge in [-0.2, -0.15) is 0 Å². The van der Waals surface area contributed by atoms with Crippen LogP contribution in [0.2, 0.25) is 0 Å². The summed E-state index contributed by atoms with van der Waals surface area (Å²) in [5.41, 5.74) is -0.130. The van der Waals surface area contributed by atoms with Gasteiger partial charge in [0.15, 0.2) is 0 Å². The lowest BCUT2D eigenvalue weighted by Gasteiger charge is -2.17. The maximum atomic E-state index is 11.8. The molecule has 106 valence electrons. The van der Waals surface area contributed by atoms with Gasteiger partial charge >= 0.3 is 5.97 Å². The third kappa shape index (κ3) is 2.40. The smallest absolute Gasteiger partial charge is 0.311 e. The highest BCUT2D eigenvalue weighted by Gasteiger charge is 2.37. The lowest BCUT2D eigenvalue weighted by Crippen LogP contribution is -2.26. The minimum absolute atomic E-state index is 0.0108. The van der Waals surface area contributed by atoms with Crippen LogP contribution in [0.4, 0.5) is 11.4 Å². The molecule has 0 aromatic heterocycles. The molecule has 1 aliphatic heterocycles. The lowest BCUT2D eigenvalue weighted by atomic mass is 10.1. The van der Waals surface area contributed by atoms with Crippen molar-refractivity contribution in [3.63, 3.8) is 0 Å². The largest absolute Gasteiger partial charge is 0.505 e. The van der Waals surface area contributed by atoms with Crippen LogP contribution in [0.15, 0.2) is 18.2 Å². The van der Waals surface area contributed by atoms with Crippen LogP contribution < -0.4 is 4.90 Å². The summed E-state index contributed by atoms with van der Waals surface area (Å²) in [6.45, 7) is 0.0802. The van der Waals surface area contributed by atoms with Crippen molar-refractivity contribution in [3.05, 3.63) is 28.3 Å². The van der Waals surface area contributed by atoms with Crippen LogP contribution in [0.25, 0.3) is 0 Å². The van der Waals surface area contributed by atoms with Gasteiger partial charge in [-0.3, -0.25) is 19.7 Å². The summed E-state index contributed by atoms with van der Waals surface area (Å²) in [6.07, 6.45) is -0.0108. The van der Waals surface area contributed by atoms with E-state index in [9.17, 15) is 24.8 Å². The van der Waals surface area contributed by atoms with E-state index in [1.807, 2.05) is 0 Å². The van der Waals surface area contributed by atoms with Gasteiger partial charge in [0, 0.05) is 19.0 Å². The second kappa shape index (κ2) is 5.16. The highest BCUT2D eigenvalue weighted by atomic mass is 16.6. The molecule has 1 aromatic rings. The third-order valence-corrected chi connectivity index (χ3v) is 3.12. The van der Waals surface area contributed by atoms with Crippen molar-refractivity contribution in [3.8, 4) is 5.75 Å². The molecule has 1 aromatic carbocycles. The van der Waals surface area contributed by atoms with Gasteiger partial charge < -0.3 is 14.7 Å². The standard InChI is InChI=1S/C12H12N2O6/c1-20-12(17)7-4-11(16)13(6-7)9-3-2-8(14(18)19)5-10(9)15/h2-3,5,7,15H,4,6H2,1H3. The summed E-state index contributed by atoms with van der Waals surface area (Å²) < 4.78 is 4.58. The molecule has 1 aliphatic rings. The molecule has 1 saturated heterocycles. The number of anilines is 1. The van der Waals surface area contributed by atoms with E-state index < -0.39 is 16.8 Å². The highest BCUT2D eigenvalue weighted by molar-refractivity contribution is 6.00. The van der Waals surface area contributed by atoms with E-state index in [4.69, 9.17) is 0 Å². The molecule has 1 N–H and O–H groups in total. The molecular formula is C12H12N2O6. The number of nitrogens with zero attached hydrogens (tertiary/aromatic N) is 2. The zero-order valence-electron chi connectivity index (χ0n) is 10.6. The minimum atomic E-state index is -0.646. The van der Waals surface area contributed by atoms with Crippen molar-refractivity contribution in [1.29, 1.82) is 0 Å². The Bertz CT molecular complexity index is 585. The summed E-state index contributed by atoms with van der Waals surface area (Å²) in [5, 5.41) is 20.4. The molecule has 1 amide bonds. The van der Waals surface area contributed by atoms with Crippen LogP contribution >= 0.6 is 0 Å². The SMILES string of the molecule is COC(=O)C1CC(=O)N(c2ccc([N+](=O)[O-])cc2O)C1. The molecule has 0 aliphatic carbocycles. The minimum Gasteiger partial charge on any atom is -0.505 e. The number of hydrogen-bond acceptors (Lipinski definition) is 6. The quantitative estimate of drug-likeness (QED) is 0.498. The number of methoxy groups -OCH3 is 1. The number of carbonyl (C=O) groups is 2. The first kappa shape index (κ1) is 13.8. The van der Waals surface area contributed by atoms with Crippen molar-refractivity contribution in [2.45, 2.75) is 6.42 Å². The Labute approximate surface area is 113 Å². The Kier molecular flexibility index (Phi) is 3.55. The van der Waals surface area contributed by atoms with E-state index >= 15 is 0 Å². The summed E-state index contributed by atoms with van der Waals surface area (Å²) in [6, 6.07) is 3.44. The molecule has 8 heteroatoms. The van der Waals surface area contributed by atoms with Crippen LogP contribution in [-0.2, 0) is 14.3 Å². The normalized spacial score (nSPS) is 18.1. The first-order valence-electron chi connectivity index (χ1n) is 5.79. The van der Waals surface area contributed by atoms with Crippen LogP contribution in [0.3, 0.4) is 0 Å². The number of carbonyl (C=O) groups excluding carboxylic acids is 2. The number of benzene rings is 1. The fourth-order valence-corrected chi connectivity index (χ4v) is 2.12. The molecule has 0 bridgehead atoms. The number of nitro benzene ring substituents is 1. The van der Waals surface area contributed by atoms with Gasteiger partial charge in [0.25, 0.3) is 5.69 Å². The zero-order valence-corrected chi connectivity index (χ0v) is 10.6. The summed E-state index contributed by atoms with van der Waals surface area (Å²) in [4.78, 5) is 34.4. The fourth-order valence-electron chi connectivity index (χ4n) is 2.12. The van der Waals surface area contributed by atoms with Gasteiger partial charge in [-0.15, -0.1) is 0 Å². The molecule has 8 nitrogen and oxygen atoms in total. The van der Waals surface area contributed by atoms with Gasteiger partial charge in [-0.25, -0.2) is 0 Å². The molecule has 2 rings (SSSR count). The van der Waals surface area contributed by atoms with Crippen molar-refractivity contribution in [1.82, 2.24) is 0 Å². The maximum Gasteiger partial charge on any atom is 0.311 e. The Hall–Kier alpha value is -2.64. The number of aromatic hydroxyl groups is 1. The number of amides is 1. The fraction of sp³-hybridized carbons (Fsp3) is 0.333. The topological polar surface area (TPSA) is 110 Å². The van der Waals surface area contributed by atoms with Gasteiger partial charge in [-0.05, 0) is 6.07 Å². The van der Waals surface area contributed by atoms with E-state index in [0.717, 1.165) is 6.07 Å². The molecular weight excluding hydrogens is 268 g/mol. The van der Waals surface area contributed by atoms with Crippen LogP contribution in [-0.4, -0.2) is 35.6 Å². The van der Waals surface area contributed by atoms with E-state index in [-0.39, 0.29) is 36.0 Å². The van der Waals surface area contributed by atoms with Crippen LogP contribution in [0.5, 0.6) is 5.75 Å². The zero-order chi connectivity index (χ0) is 14.9. The number of hydrogen-bond donors (Lipinski definition) is 1. The predicted molar refractivity (Wildman–Crippen MR) is 67.2 cm³/mol. The van der Waals surface area contributed by atoms with Crippen LogP contribution in [0.1, 0.15) is 6.42 Å². The van der Waals surface area contributed by atoms with Crippen molar-refractivity contribution in [2.75, 3.05) is 18.6 Å². The monoisotopic (exact) mass is 280 g/mol. The molecule has 0 radical (unpaired) electrons. The number of nitro groups is 1. The van der Waals surface area contributed by atoms with Crippen LogP contribution in [0, 0.1) is 16.0 Å². The van der Waals surface area contributed by atoms with Gasteiger partial charge in [0.1, 0.15) is 5.75 Å². The molecule has 1 heterocycles. The molecule has 1 unspecified atom stereocenters. The number of phenols is 1. The third-order valence-electron chi connectivity index (χ3n) is 3.12. The van der Waals surface area contributed by atoms with Crippen molar-refractivity contribution in [2.24, 2.45) is 5.92 Å². The predicted octanol–water partition coefficient (Wildman–Crippen LogP) is 0.826. The van der Waals surface area contributed by atoms with E-state index in [2.05, 4.69) is 4.74 Å². The average molecular weight is 280 g/mol. The van der Waals surface area contributed by atoms with E-state index in [1.165, 1.54) is 24.1 Å². The molecule has 1 atom stereocenters. The number of ether oxygens (including phenoxy) is 1.